The number of hydrogen-bond donors (Lipinski definition) is 0. The van der Waals surface area contributed by atoms with Crippen molar-refractivity contribution in [2.24, 2.45) is 0 Å². The van der Waals surface area contributed by atoms with Crippen molar-refractivity contribution >= 4 is 34.7 Å². The lowest BCUT2D eigenvalue weighted by atomic mass is 9.91. The zero-order valence-electron chi connectivity index (χ0n) is 17.0. The lowest BCUT2D eigenvalue weighted by Gasteiger charge is -2.33. The Morgan fingerprint density at radius 3 is 2.29 bits per heavy atom. The number of ether oxygens (including phenoxy) is 2. The third-order valence-electron chi connectivity index (χ3n) is 5.40. The van der Waals surface area contributed by atoms with Crippen LogP contribution in [-0.4, -0.2) is 22.5 Å². The molecule has 0 saturated carbocycles. The first-order valence-corrected chi connectivity index (χ1v) is 11.1. The highest BCUT2D eigenvalue weighted by Crippen LogP contribution is 2.41. The van der Waals surface area contributed by atoms with Gasteiger partial charge >= 0.3 is 12.1 Å². The van der Waals surface area contributed by atoms with Gasteiger partial charge in [0.2, 0.25) is 6.23 Å². The van der Waals surface area contributed by atoms with E-state index in [1.807, 2.05) is 84.9 Å². The Hall–Kier alpha value is -2.87. The fourth-order valence-corrected chi connectivity index (χ4v) is 4.31. The highest BCUT2D eigenvalue weighted by atomic mass is 127. The van der Waals surface area contributed by atoms with Gasteiger partial charge in [0.25, 0.3) is 0 Å². The predicted octanol–water partition coefficient (Wildman–Crippen LogP) is 5.49. The number of carbonyl (C=O) groups excluding carboxylic acids is 2. The molecule has 158 valence electrons. The Labute approximate surface area is 195 Å². The highest BCUT2D eigenvalue weighted by Gasteiger charge is 2.56. The van der Waals surface area contributed by atoms with Gasteiger partial charge in [-0.05, 0) is 46.7 Å². The molecule has 0 aromatic heterocycles. The van der Waals surface area contributed by atoms with Crippen LogP contribution in [0.5, 0.6) is 0 Å². The molecule has 0 aliphatic carbocycles. The van der Waals surface area contributed by atoms with Crippen LogP contribution in [0.3, 0.4) is 0 Å². The molecule has 1 amide bonds. The van der Waals surface area contributed by atoms with Crippen molar-refractivity contribution in [3.05, 3.63) is 105 Å². The van der Waals surface area contributed by atoms with Crippen molar-refractivity contribution in [2.45, 2.75) is 31.7 Å². The minimum atomic E-state index is -1.20. The molecule has 6 heteroatoms. The van der Waals surface area contributed by atoms with Crippen molar-refractivity contribution in [2.75, 3.05) is 0 Å². The van der Waals surface area contributed by atoms with Gasteiger partial charge in [-0.15, -0.1) is 0 Å². The second-order valence-corrected chi connectivity index (χ2v) is 8.78. The van der Waals surface area contributed by atoms with E-state index in [0.717, 1.165) is 20.3 Å². The number of cyclic esters (lactones) is 1. The molecule has 1 saturated heterocycles. The van der Waals surface area contributed by atoms with Gasteiger partial charge in [0.05, 0.1) is 0 Å². The maximum absolute atomic E-state index is 13.3. The van der Waals surface area contributed by atoms with Crippen LogP contribution in [0.4, 0.5) is 4.79 Å². The number of halogens is 1. The topological polar surface area (TPSA) is 55.8 Å². The van der Waals surface area contributed by atoms with Gasteiger partial charge in [0.15, 0.2) is 0 Å². The van der Waals surface area contributed by atoms with E-state index >= 15 is 0 Å². The summed E-state index contributed by atoms with van der Waals surface area (Å²) in [5.41, 5.74) is 1.37. The monoisotopic (exact) mass is 527 g/mol. The maximum atomic E-state index is 13.3. The summed E-state index contributed by atoms with van der Waals surface area (Å²) in [5.74, 6) is -0.447. The van der Waals surface area contributed by atoms with Gasteiger partial charge in [-0.2, -0.15) is 0 Å². The Morgan fingerprint density at radius 1 is 1.00 bits per heavy atom. The number of benzene rings is 3. The number of nitrogens with zero attached hydrogens (tertiary/aromatic N) is 1. The molecular weight excluding hydrogens is 505 g/mol. The van der Waals surface area contributed by atoms with Crippen LogP contribution in [0.1, 0.15) is 29.8 Å². The molecule has 5 nitrogen and oxygen atoms in total. The SMILES string of the molecule is C[C@]1(Cc2ccccc2I)C(=O)O[C@H](c2ccccc2)N1C(=O)OCc1ccccc1. The van der Waals surface area contributed by atoms with Gasteiger partial charge < -0.3 is 9.47 Å². The van der Waals surface area contributed by atoms with Gasteiger partial charge in [0, 0.05) is 15.6 Å². The molecule has 3 aromatic carbocycles. The molecule has 0 spiro atoms. The molecule has 2 atom stereocenters. The first-order chi connectivity index (χ1) is 15.0. The molecule has 0 bridgehead atoms. The summed E-state index contributed by atoms with van der Waals surface area (Å²) in [6.45, 7) is 1.86. The quantitative estimate of drug-likeness (QED) is 0.326. The van der Waals surface area contributed by atoms with E-state index in [1.165, 1.54) is 4.90 Å². The summed E-state index contributed by atoms with van der Waals surface area (Å²) < 4.78 is 12.4. The molecule has 1 heterocycles. The van der Waals surface area contributed by atoms with Crippen LogP contribution >= 0.6 is 22.6 Å². The van der Waals surface area contributed by atoms with Crippen LogP contribution in [0.25, 0.3) is 0 Å². The molecule has 1 fully saturated rings. The van der Waals surface area contributed by atoms with Crippen LogP contribution in [0.2, 0.25) is 0 Å². The largest absolute Gasteiger partial charge is 0.444 e. The maximum Gasteiger partial charge on any atom is 0.414 e. The van der Waals surface area contributed by atoms with E-state index in [9.17, 15) is 9.59 Å². The minimum absolute atomic E-state index is 0.116. The van der Waals surface area contributed by atoms with E-state index in [4.69, 9.17) is 9.47 Å². The summed E-state index contributed by atoms with van der Waals surface area (Å²) in [7, 11) is 0. The third kappa shape index (κ3) is 4.44. The standard InChI is InChI=1S/C25H22INO4/c1-25(16-20-14-8-9-15-21(20)26)23(28)31-22(19-12-6-3-7-13-19)27(25)24(29)30-17-18-10-4-2-5-11-18/h2-15,22H,16-17H2,1H3/t22-,25+/m1/s1. The number of hydrogen-bond acceptors (Lipinski definition) is 4. The molecule has 1 aliphatic heterocycles. The molecule has 0 unspecified atom stereocenters. The van der Waals surface area contributed by atoms with E-state index in [1.54, 1.807) is 6.92 Å². The number of rotatable bonds is 5. The number of amides is 1. The third-order valence-corrected chi connectivity index (χ3v) is 6.46. The minimum Gasteiger partial charge on any atom is -0.444 e. The smallest absolute Gasteiger partial charge is 0.414 e. The van der Waals surface area contributed by atoms with E-state index in [-0.39, 0.29) is 6.61 Å². The molecule has 3 aromatic rings. The van der Waals surface area contributed by atoms with E-state index < -0.39 is 23.8 Å². The first kappa shape index (κ1) is 21.4. The van der Waals surface area contributed by atoms with E-state index in [2.05, 4.69) is 22.6 Å². The average Bonchev–Trinajstić information content (AvgIpc) is 3.05. The Balaban J connectivity index is 1.67. The summed E-state index contributed by atoms with van der Waals surface area (Å²) in [6, 6.07) is 26.5. The zero-order valence-corrected chi connectivity index (χ0v) is 19.2. The molecule has 31 heavy (non-hydrogen) atoms. The fourth-order valence-electron chi connectivity index (χ4n) is 3.73. The molecule has 0 radical (unpaired) electrons. The molecule has 4 rings (SSSR count). The second kappa shape index (κ2) is 9.09. The van der Waals surface area contributed by atoms with Gasteiger partial charge in [0.1, 0.15) is 12.1 Å². The van der Waals surface area contributed by atoms with Gasteiger partial charge in [-0.1, -0.05) is 78.9 Å². The molecular formula is C25H22INO4. The molecule has 0 N–H and O–H groups in total. The Morgan fingerprint density at radius 2 is 1.61 bits per heavy atom. The number of carbonyl (C=O) groups is 2. The first-order valence-electron chi connectivity index (χ1n) is 9.98. The van der Waals surface area contributed by atoms with Crippen molar-refractivity contribution in [3.63, 3.8) is 0 Å². The summed E-state index contributed by atoms with van der Waals surface area (Å²) in [4.78, 5) is 27.9. The Kier molecular flexibility index (Phi) is 6.27. The van der Waals surface area contributed by atoms with Crippen molar-refractivity contribution in [1.82, 2.24) is 4.90 Å². The summed E-state index contributed by atoms with van der Waals surface area (Å²) in [6.07, 6.45) is -1.10. The summed E-state index contributed by atoms with van der Waals surface area (Å²) >= 11 is 2.24. The lowest BCUT2D eigenvalue weighted by Crippen LogP contribution is -2.51. The predicted molar refractivity (Wildman–Crippen MR) is 125 cm³/mol. The van der Waals surface area contributed by atoms with Crippen LogP contribution in [0.15, 0.2) is 84.9 Å². The van der Waals surface area contributed by atoms with Gasteiger partial charge in [-0.3, -0.25) is 4.90 Å². The molecule has 1 aliphatic rings. The van der Waals surface area contributed by atoms with Crippen LogP contribution < -0.4 is 0 Å². The van der Waals surface area contributed by atoms with Crippen molar-refractivity contribution in [1.29, 1.82) is 0 Å². The fraction of sp³-hybridized carbons (Fsp3) is 0.200. The van der Waals surface area contributed by atoms with Crippen molar-refractivity contribution < 1.29 is 19.1 Å². The normalized spacial score (nSPS) is 20.4. The highest BCUT2D eigenvalue weighted by molar-refractivity contribution is 14.1. The van der Waals surface area contributed by atoms with Crippen LogP contribution in [-0.2, 0) is 27.3 Å². The second-order valence-electron chi connectivity index (χ2n) is 7.62. The van der Waals surface area contributed by atoms with E-state index in [0.29, 0.717) is 6.42 Å². The van der Waals surface area contributed by atoms with Gasteiger partial charge in [-0.25, -0.2) is 9.59 Å². The summed E-state index contributed by atoms with van der Waals surface area (Å²) in [5, 5.41) is 0. The van der Waals surface area contributed by atoms with Crippen molar-refractivity contribution in [3.8, 4) is 0 Å². The average molecular weight is 527 g/mol. The number of esters is 1. The Bertz CT molecular complexity index is 1070. The zero-order chi connectivity index (χ0) is 21.8. The lowest BCUT2D eigenvalue weighted by molar-refractivity contribution is -0.145. The van der Waals surface area contributed by atoms with Crippen LogP contribution in [0, 0.1) is 3.57 Å².